The SMILES string of the molecule is CN(C)c1ccc(-n2c(=O)n(CC3CCC(NC(=O)c4cc(Cl)cnc4C(F)(F)F)CC3)c3ccccc32)cn1. The number of carbonyl (C=O) groups excluding carboxylic acids is 1. The molecule has 1 amide bonds. The molecule has 0 saturated heterocycles. The second-order valence-corrected chi connectivity index (χ2v) is 10.7. The zero-order chi connectivity index (χ0) is 28.6. The van der Waals surface area contributed by atoms with Crippen LogP contribution < -0.4 is 15.9 Å². The van der Waals surface area contributed by atoms with Gasteiger partial charge in [0.25, 0.3) is 5.91 Å². The minimum atomic E-state index is -4.77. The van der Waals surface area contributed by atoms with E-state index in [1.807, 2.05) is 55.4 Å². The summed E-state index contributed by atoms with van der Waals surface area (Å²) in [6, 6.07) is 12.0. The summed E-state index contributed by atoms with van der Waals surface area (Å²) in [5, 5.41) is 2.67. The van der Waals surface area contributed by atoms with E-state index in [2.05, 4.69) is 15.3 Å². The van der Waals surface area contributed by atoms with Gasteiger partial charge < -0.3 is 10.2 Å². The summed E-state index contributed by atoms with van der Waals surface area (Å²) in [7, 11) is 3.79. The van der Waals surface area contributed by atoms with Gasteiger partial charge in [0.2, 0.25) is 0 Å². The molecule has 3 heterocycles. The molecule has 4 aromatic rings. The third kappa shape index (κ3) is 5.56. The standard InChI is InChI=1S/C28H28ClF3N6O2/c1-36(2)24-12-11-20(15-33-24)38-23-6-4-3-5-22(23)37(27(38)40)16-17-7-9-19(10-8-17)35-26(39)21-13-18(29)14-34-25(21)28(30,31)32/h3-6,11-15,17,19H,7-10,16H2,1-2H3,(H,35,39). The summed E-state index contributed by atoms with van der Waals surface area (Å²) in [5.74, 6) is 0.0996. The maximum absolute atomic E-state index is 13.6. The summed E-state index contributed by atoms with van der Waals surface area (Å²) < 4.78 is 43.5. The highest BCUT2D eigenvalue weighted by atomic mass is 35.5. The predicted octanol–water partition coefficient (Wildman–Crippen LogP) is 5.31. The minimum Gasteiger partial charge on any atom is -0.363 e. The number of alkyl halides is 3. The normalized spacial score (nSPS) is 17.6. The van der Waals surface area contributed by atoms with Crippen molar-refractivity contribution < 1.29 is 18.0 Å². The molecule has 1 N–H and O–H groups in total. The largest absolute Gasteiger partial charge is 0.434 e. The fraction of sp³-hybridized carbons (Fsp3) is 0.357. The number of rotatable bonds is 6. The van der Waals surface area contributed by atoms with Gasteiger partial charge in [0.15, 0.2) is 5.69 Å². The van der Waals surface area contributed by atoms with Crippen molar-refractivity contribution in [3.05, 3.63) is 81.6 Å². The van der Waals surface area contributed by atoms with Gasteiger partial charge in [0.1, 0.15) is 5.82 Å². The molecule has 0 bridgehead atoms. The lowest BCUT2D eigenvalue weighted by Crippen LogP contribution is -2.39. The van der Waals surface area contributed by atoms with E-state index < -0.39 is 23.3 Å². The molecule has 3 aromatic heterocycles. The number of nitrogens with zero attached hydrogens (tertiary/aromatic N) is 5. The first-order valence-electron chi connectivity index (χ1n) is 12.9. The highest BCUT2D eigenvalue weighted by molar-refractivity contribution is 6.30. The van der Waals surface area contributed by atoms with E-state index in [1.54, 1.807) is 15.3 Å². The van der Waals surface area contributed by atoms with Gasteiger partial charge in [0.05, 0.1) is 33.5 Å². The Balaban J connectivity index is 1.30. The van der Waals surface area contributed by atoms with E-state index in [1.165, 1.54) is 0 Å². The number of pyridine rings is 2. The van der Waals surface area contributed by atoms with Crippen molar-refractivity contribution in [3.63, 3.8) is 0 Å². The second-order valence-electron chi connectivity index (χ2n) is 10.2. The number of anilines is 1. The summed E-state index contributed by atoms with van der Waals surface area (Å²) in [6.45, 7) is 0.493. The maximum Gasteiger partial charge on any atom is 0.434 e. The molecule has 210 valence electrons. The molecule has 12 heteroatoms. The van der Waals surface area contributed by atoms with Gasteiger partial charge in [-0.05, 0) is 61.9 Å². The summed E-state index contributed by atoms with van der Waals surface area (Å²) in [4.78, 5) is 36.0. The fourth-order valence-corrected chi connectivity index (χ4v) is 5.42. The van der Waals surface area contributed by atoms with Crippen LogP contribution in [0, 0.1) is 5.92 Å². The molecule has 0 unspecified atom stereocenters. The zero-order valence-corrected chi connectivity index (χ0v) is 22.7. The van der Waals surface area contributed by atoms with Crippen molar-refractivity contribution in [2.45, 2.75) is 44.4 Å². The van der Waals surface area contributed by atoms with Crippen LogP contribution >= 0.6 is 11.6 Å². The Morgan fingerprint density at radius 1 is 1.05 bits per heavy atom. The van der Waals surface area contributed by atoms with Crippen LogP contribution in [0.25, 0.3) is 16.7 Å². The Kier molecular flexibility index (Phi) is 7.59. The second kappa shape index (κ2) is 11.0. The molecule has 0 atom stereocenters. The third-order valence-corrected chi connectivity index (χ3v) is 7.48. The molecule has 1 aliphatic rings. The quantitative estimate of drug-likeness (QED) is 0.338. The summed E-state index contributed by atoms with van der Waals surface area (Å²) in [6.07, 6.45) is 0.351. The lowest BCUT2D eigenvalue weighted by Gasteiger charge is -2.29. The molecule has 1 fully saturated rings. The Hall–Kier alpha value is -3.86. The molecule has 1 aromatic carbocycles. The van der Waals surface area contributed by atoms with Crippen LogP contribution in [0.2, 0.25) is 5.02 Å². The number of aromatic nitrogens is 4. The molecule has 1 saturated carbocycles. The van der Waals surface area contributed by atoms with Crippen LogP contribution in [0.15, 0.2) is 59.7 Å². The van der Waals surface area contributed by atoms with Crippen molar-refractivity contribution in [2.24, 2.45) is 5.92 Å². The average molecular weight is 573 g/mol. The van der Waals surface area contributed by atoms with Gasteiger partial charge in [0, 0.05) is 32.9 Å². The Labute approximate surface area is 233 Å². The molecule has 0 radical (unpaired) electrons. The number of fused-ring (bicyclic) bond motifs is 1. The first-order chi connectivity index (χ1) is 19.0. The minimum absolute atomic E-state index is 0.0455. The zero-order valence-electron chi connectivity index (χ0n) is 22.0. The summed E-state index contributed by atoms with van der Waals surface area (Å²) >= 11 is 5.82. The number of imidazole rings is 1. The molecule has 0 aliphatic heterocycles. The van der Waals surface area contributed by atoms with E-state index in [4.69, 9.17) is 11.6 Å². The van der Waals surface area contributed by atoms with Gasteiger partial charge in [-0.2, -0.15) is 13.2 Å². The van der Waals surface area contributed by atoms with E-state index >= 15 is 0 Å². The highest BCUT2D eigenvalue weighted by Gasteiger charge is 2.38. The topological polar surface area (TPSA) is 85.0 Å². The van der Waals surface area contributed by atoms with Crippen LogP contribution in [0.3, 0.4) is 0 Å². The van der Waals surface area contributed by atoms with E-state index in [0.717, 1.165) is 29.1 Å². The number of hydrogen-bond donors (Lipinski definition) is 1. The molecule has 0 spiro atoms. The van der Waals surface area contributed by atoms with Gasteiger partial charge in [-0.25, -0.2) is 14.8 Å². The van der Waals surface area contributed by atoms with Crippen molar-refractivity contribution in [2.75, 3.05) is 19.0 Å². The Morgan fingerprint density at radius 2 is 1.75 bits per heavy atom. The Bertz CT molecular complexity index is 1590. The van der Waals surface area contributed by atoms with Crippen LogP contribution in [0.4, 0.5) is 19.0 Å². The van der Waals surface area contributed by atoms with Crippen molar-refractivity contribution in [3.8, 4) is 5.69 Å². The molecular weight excluding hydrogens is 545 g/mol. The van der Waals surface area contributed by atoms with Gasteiger partial charge >= 0.3 is 11.9 Å². The molecule has 1 aliphatic carbocycles. The first kappa shape index (κ1) is 27.7. The molecular formula is C28H28ClF3N6O2. The molecule has 5 rings (SSSR count). The van der Waals surface area contributed by atoms with E-state index in [9.17, 15) is 22.8 Å². The lowest BCUT2D eigenvalue weighted by atomic mass is 9.85. The fourth-order valence-electron chi connectivity index (χ4n) is 5.26. The van der Waals surface area contributed by atoms with E-state index in [0.29, 0.717) is 37.9 Å². The van der Waals surface area contributed by atoms with Gasteiger partial charge in [-0.15, -0.1) is 0 Å². The number of para-hydroxylation sites is 2. The number of carbonyl (C=O) groups is 1. The van der Waals surface area contributed by atoms with Crippen LogP contribution in [0.5, 0.6) is 0 Å². The molecule has 40 heavy (non-hydrogen) atoms. The lowest BCUT2D eigenvalue weighted by molar-refractivity contribution is -0.141. The number of hydrogen-bond acceptors (Lipinski definition) is 5. The Morgan fingerprint density at radius 3 is 2.38 bits per heavy atom. The number of nitrogens with one attached hydrogen (secondary N) is 1. The summed E-state index contributed by atoms with van der Waals surface area (Å²) in [5.41, 5.74) is 0.256. The maximum atomic E-state index is 13.6. The monoisotopic (exact) mass is 572 g/mol. The predicted molar refractivity (Wildman–Crippen MR) is 147 cm³/mol. The smallest absolute Gasteiger partial charge is 0.363 e. The van der Waals surface area contributed by atoms with E-state index in [-0.39, 0.29) is 22.7 Å². The average Bonchev–Trinajstić information content (AvgIpc) is 3.20. The van der Waals surface area contributed by atoms with Gasteiger partial charge in [-0.1, -0.05) is 23.7 Å². The van der Waals surface area contributed by atoms with Crippen LogP contribution in [0.1, 0.15) is 41.7 Å². The van der Waals surface area contributed by atoms with Crippen LogP contribution in [-0.2, 0) is 12.7 Å². The highest BCUT2D eigenvalue weighted by Crippen LogP contribution is 2.32. The van der Waals surface area contributed by atoms with Crippen molar-refractivity contribution in [1.82, 2.24) is 24.4 Å². The van der Waals surface area contributed by atoms with Gasteiger partial charge in [-0.3, -0.25) is 13.9 Å². The molecule has 8 nitrogen and oxygen atoms in total. The van der Waals surface area contributed by atoms with Crippen molar-refractivity contribution in [1.29, 1.82) is 0 Å². The number of amides is 1. The van der Waals surface area contributed by atoms with Crippen molar-refractivity contribution >= 4 is 34.4 Å². The van der Waals surface area contributed by atoms with Crippen LogP contribution in [-0.4, -0.2) is 45.1 Å². The number of benzene rings is 1. The first-order valence-corrected chi connectivity index (χ1v) is 13.3. The number of halogens is 4. The third-order valence-electron chi connectivity index (χ3n) is 7.27.